The number of rotatable bonds is 6. The number of hydrogen-bond acceptors (Lipinski definition) is 3. The van der Waals surface area contributed by atoms with Crippen LogP contribution in [0.4, 0.5) is 5.69 Å². The maximum Gasteiger partial charge on any atom is 0.0471 e. The van der Waals surface area contributed by atoms with Crippen molar-refractivity contribution in [2.75, 3.05) is 11.9 Å². The van der Waals surface area contributed by atoms with Crippen molar-refractivity contribution >= 4 is 5.69 Å². The molecule has 0 spiro atoms. The van der Waals surface area contributed by atoms with Crippen molar-refractivity contribution < 1.29 is 5.11 Å². The van der Waals surface area contributed by atoms with Gasteiger partial charge in [-0.1, -0.05) is 30.3 Å². The zero-order valence-electron chi connectivity index (χ0n) is 12.9. The van der Waals surface area contributed by atoms with Gasteiger partial charge in [0.15, 0.2) is 0 Å². The molecule has 116 valence electrons. The molecule has 0 fully saturated rings. The highest BCUT2D eigenvalue weighted by atomic mass is 16.2. The van der Waals surface area contributed by atoms with Gasteiger partial charge < -0.3 is 10.4 Å². The van der Waals surface area contributed by atoms with Crippen LogP contribution < -0.4 is 5.32 Å². The summed E-state index contributed by atoms with van der Waals surface area (Å²) >= 11 is 0. The first-order valence-corrected chi connectivity index (χ1v) is 7.78. The van der Waals surface area contributed by atoms with Gasteiger partial charge >= 0.3 is 0 Å². The Bertz CT molecular complexity index is 739. The Morgan fingerprint density at radius 3 is 2.35 bits per heavy atom. The van der Waals surface area contributed by atoms with Gasteiger partial charge in [0.1, 0.15) is 0 Å². The maximum absolute atomic E-state index is 8.94. The summed E-state index contributed by atoms with van der Waals surface area (Å²) in [7, 11) is 0. The lowest BCUT2D eigenvalue weighted by atomic mass is 10.0. The summed E-state index contributed by atoms with van der Waals surface area (Å²) < 4.78 is 0. The Kier molecular flexibility index (Phi) is 5.02. The van der Waals surface area contributed by atoms with E-state index >= 15 is 0 Å². The van der Waals surface area contributed by atoms with E-state index in [2.05, 4.69) is 46.7 Å². The molecule has 0 amide bonds. The number of anilines is 1. The van der Waals surface area contributed by atoms with E-state index in [1.54, 1.807) is 0 Å². The molecule has 3 heteroatoms. The summed E-state index contributed by atoms with van der Waals surface area (Å²) in [5.41, 5.74) is 5.85. The molecule has 2 N–H and O–H groups in total. The number of aromatic nitrogens is 1. The average molecular weight is 304 g/mol. The van der Waals surface area contributed by atoms with Gasteiger partial charge in [-0.25, -0.2) is 0 Å². The minimum atomic E-state index is 0.189. The third-order valence-corrected chi connectivity index (χ3v) is 3.79. The van der Waals surface area contributed by atoms with Crippen LogP contribution >= 0.6 is 0 Å². The van der Waals surface area contributed by atoms with Crippen LogP contribution in [0.3, 0.4) is 0 Å². The van der Waals surface area contributed by atoms with E-state index in [1.165, 1.54) is 16.7 Å². The molecule has 0 radical (unpaired) electrons. The smallest absolute Gasteiger partial charge is 0.0471 e. The van der Waals surface area contributed by atoms with E-state index < -0.39 is 0 Å². The molecule has 1 heterocycles. The zero-order valence-corrected chi connectivity index (χ0v) is 12.9. The van der Waals surface area contributed by atoms with Crippen molar-refractivity contribution in [3.05, 3.63) is 84.2 Å². The summed E-state index contributed by atoms with van der Waals surface area (Å²) in [6, 6.07) is 20.8. The summed E-state index contributed by atoms with van der Waals surface area (Å²) in [6.07, 6.45) is 4.33. The number of hydrogen-bond donors (Lipinski definition) is 2. The van der Waals surface area contributed by atoms with Crippen LogP contribution in [-0.4, -0.2) is 16.7 Å². The highest BCUT2D eigenvalue weighted by Gasteiger charge is 2.00. The van der Waals surface area contributed by atoms with Gasteiger partial charge in [0.05, 0.1) is 0 Å². The molecule has 0 bridgehead atoms. The zero-order chi connectivity index (χ0) is 15.9. The van der Waals surface area contributed by atoms with Crippen LogP contribution in [0.1, 0.15) is 11.1 Å². The Morgan fingerprint density at radius 1 is 0.826 bits per heavy atom. The first kappa shape index (κ1) is 15.3. The number of nitrogens with zero attached hydrogens (tertiary/aromatic N) is 1. The monoisotopic (exact) mass is 304 g/mol. The van der Waals surface area contributed by atoms with E-state index in [0.717, 1.165) is 17.8 Å². The number of benzene rings is 2. The van der Waals surface area contributed by atoms with Crippen molar-refractivity contribution in [2.45, 2.75) is 13.0 Å². The molecule has 1 aromatic heterocycles. The van der Waals surface area contributed by atoms with E-state index in [9.17, 15) is 0 Å². The Balaban J connectivity index is 1.66. The van der Waals surface area contributed by atoms with E-state index in [1.807, 2.05) is 36.7 Å². The molecule has 3 rings (SSSR count). The van der Waals surface area contributed by atoms with E-state index in [4.69, 9.17) is 5.11 Å². The van der Waals surface area contributed by atoms with Crippen LogP contribution in [0.2, 0.25) is 0 Å². The minimum Gasteiger partial charge on any atom is -0.396 e. The molecule has 23 heavy (non-hydrogen) atoms. The second kappa shape index (κ2) is 7.56. The molecule has 0 aliphatic carbocycles. The fourth-order valence-corrected chi connectivity index (χ4v) is 2.53. The molecular weight excluding hydrogens is 284 g/mol. The highest BCUT2D eigenvalue weighted by Crippen LogP contribution is 2.20. The summed E-state index contributed by atoms with van der Waals surface area (Å²) in [5.74, 6) is 0. The molecule has 0 saturated carbocycles. The first-order chi connectivity index (χ1) is 11.3. The van der Waals surface area contributed by atoms with Crippen molar-refractivity contribution in [3.63, 3.8) is 0 Å². The van der Waals surface area contributed by atoms with Crippen LogP contribution in [-0.2, 0) is 13.0 Å². The third-order valence-electron chi connectivity index (χ3n) is 3.79. The average Bonchev–Trinajstić information content (AvgIpc) is 2.62. The molecule has 2 aromatic carbocycles. The Hall–Kier alpha value is -2.65. The van der Waals surface area contributed by atoms with Crippen LogP contribution in [0.5, 0.6) is 0 Å². The predicted octanol–water partition coefficient (Wildman–Crippen LogP) is 3.90. The van der Waals surface area contributed by atoms with Gasteiger partial charge in [-0.05, 0) is 59.0 Å². The van der Waals surface area contributed by atoms with E-state index in [0.29, 0.717) is 6.42 Å². The second-order valence-electron chi connectivity index (χ2n) is 5.46. The normalized spacial score (nSPS) is 10.5. The number of nitrogens with one attached hydrogen (secondary N) is 1. The predicted molar refractivity (Wildman–Crippen MR) is 94.2 cm³/mol. The lowest BCUT2D eigenvalue weighted by molar-refractivity contribution is 0.299. The van der Waals surface area contributed by atoms with Crippen LogP contribution in [0.15, 0.2) is 73.1 Å². The summed E-state index contributed by atoms with van der Waals surface area (Å²) in [4.78, 5) is 4.06. The van der Waals surface area contributed by atoms with Crippen molar-refractivity contribution in [1.29, 1.82) is 0 Å². The topological polar surface area (TPSA) is 45.1 Å². The Morgan fingerprint density at radius 2 is 1.61 bits per heavy atom. The molecule has 3 aromatic rings. The van der Waals surface area contributed by atoms with Crippen molar-refractivity contribution in [2.24, 2.45) is 0 Å². The minimum absolute atomic E-state index is 0.189. The quantitative estimate of drug-likeness (QED) is 0.726. The van der Waals surface area contributed by atoms with Crippen LogP contribution in [0, 0.1) is 0 Å². The van der Waals surface area contributed by atoms with Gasteiger partial charge in [0.2, 0.25) is 0 Å². The van der Waals surface area contributed by atoms with Gasteiger partial charge in [-0.3, -0.25) is 4.98 Å². The second-order valence-corrected chi connectivity index (χ2v) is 5.46. The standard InChI is InChI=1S/C20H20N2O/c23-13-10-16-4-6-20(7-5-16)22-15-17-2-1-3-19(14-17)18-8-11-21-12-9-18/h1-9,11-12,14,22-23H,10,13,15H2. The van der Waals surface area contributed by atoms with Crippen molar-refractivity contribution in [3.8, 4) is 11.1 Å². The lowest BCUT2D eigenvalue weighted by Gasteiger charge is -2.09. The van der Waals surface area contributed by atoms with Crippen LogP contribution in [0.25, 0.3) is 11.1 Å². The number of aliphatic hydroxyl groups is 1. The molecular formula is C20H20N2O. The number of aliphatic hydroxyl groups excluding tert-OH is 1. The number of pyridine rings is 1. The summed E-state index contributed by atoms with van der Waals surface area (Å²) in [6.45, 7) is 0.965. The molecule has 0 aliphatic rings. The molecule has 0 aliphatic heterocycles. The van der Waals surface area contributed by atoms with Gasteiger partial charge in [0, 0.05) is 31.2 Å². The highest BCUT2D eigenvalue weighted by molar-refractivity contribution is 5.63. The largest absolute Gasteiger partial charge is 0.396 e. The fraction of sp³-hybridized carbons (Fsp3) is 0.150. The van der Waals surface area contributed by atoms with Crippen molar-refractivity contribution in [1.82, 2.24) is 4.98 Å². The van der Waals surface area contributed by atoms with Gasteiger partial charge in [-0.15, -0.1) is 0 Å². The molecule has 3 nitrogen and oxygen atoms in total. The molecule has 0 saturated heterocycles. The van der Waals surface area contributed by atoms with E-state index in [-0.39, 0.29) is 6.61 Å². The first-order valence-electron chi connectivity index (χ1n) is 7.78. The Labute approximate surface area is 136 Å². The van der Waals surface area contributed by atoms with Gasteiger partial charge in [0.25, 0.3) is 0 Å². The molecule has 0 atom stereocenters. The fourth-order valence-electron chi connectivity index (χ4n) is 2.53. The lowest BCUT2D eigenvalue weighted by Crippen LogP contribution is -2.00. The maximum atomic E-state index is 8.94. The third kappa shape index (κ3) is 4.18. The van der Waals surface area contributed by atoms with Gasteiger partial charge in [-0.2, -0.15) is 0 Å². The summed E-state index contributed by atoms with van der Waals surface area (Å²) in [5, 5.41) is 12.4. The SMILES string of the molecule is OCCc1ccc(NCc2cccc(-c3ccncc3)c2)cc1. The molecule has 0 unspecified atom stereocenters.